The molecule has 0 amide bonds. The largest absolute Gasteiger partial charge is 0.299 e. The first-order valence-corrected chi connectivity index (χ1v) is 5.75. The Bertz CT molecular complexity index is 320. The van der Waals surface area contributed by atoms with Crippen LogP contribution >= 0.6 is 11.8 Å². The molecule has 1 N–H and O–H groups in total. The van der Waals surface area contributed by atoms with E-state index < -0.39 is 0 Å². The second-order valence-electron chi connectivity index (χ2n) is 3.36. The maximum Gasteiger partial charge on any atom is 0.114 e. The van der Waals surface area contributed by atoms with E-state index in [2.05, 4.69) is 21.4 Å². The average molecular weight is 222 g/mol. The highest BCUT2D eigenvalue weighted by Gasteiger charge is 2.09. The van der Waals surface area contributed by atoms with Gasteiger partial charge in [0.05, 0.1) is 12.3 Å². The molecule has 4 nitrogen and oxygen atoms in total. The third-order valence-corrected chi connectivity index (χ3v) is 2.63. The van der Waals surface area contributed by atoms with E-state index in [1.165, 1.54) is 11.8 Å². The molecule has 0 fully saturated rings. The van der Waals surface area contributed by atoms with Crippen LogP contribution in [0.25, 0.3) is 0 Å². The molecule has 0 aromatic carbocycles. The first-order valence-electron chi connectivity index (χ1n) is 4.77. The lowest BCUT2D eigenvalue weighted by atomic mass is 10.3. The number of hydrogen-bond acceptors (Lipinski definition) is 5. The number of aromatic nitrogens is 2. The first-order chi connectivity index (χ1) is 7.22. The molecule has 0 radical (unpaired) electrons. The molecule has 0 aliphatic rings. The van der Waals surface area contributed by atoms with Gasteiger partial charge in [-0.25, -0.2) is 4.98 Å². The lowest BCUT2D eigenvalue weighted by Gasteiger charge is -2.13. The molecule has 80 valence electrons. The molecular weight excluding hydrogens is 208 g/mol. The van der Waals surface area contributed by atoms with Crippen LogP contribution in [0.2, 0.25) is 0 Å². The van der Waals surface area contributed by atoms with Crippen molar-refractivity contribution in [3.63, 3.8) is 0 Å². The van der Waals surface area contributed by atoms with E-state index in [1.807, 2.05) is 13.8 Å². The van der Waals surface area contributed by atoms with E-state index in [-0.39, 0.29) is 6.04 Å². The Hall–Kier alpha value is -1.12. The first kappa shape index (κ1) is 12.0. The second kappa shape index (κ2) is 6.38. The molecule has 15 heavy (non-hydrogen) atoms. The zero-order valence-electron chi connectivity index (χ0n) is 8.84. The number of nitrogens with one attached hydrogen (secondary N) is 1. The van der Waals surface area contributed by atoms with Crippen LogP contribution in [-0.2, 0) is 0 Å². The number of thioether (sulfide) groups is 1. The van der Waals surface area contributed by atoms with Crippen LogP contribution < -0.4 is 5.32 Å². The predicted molar refractivity (Wildman–Crippen MR) is 60.4 cm³/mol. The predicted octanol–water partition coefficient (Wildman–Crippen LogP) is 1.46. The Balaban J connectivity index is 2.39. The van der Waals surface area contributed by atoms with Crippen molar-refractivity contribution >= 4 is 11.8 Å². The van der Waals surface area contributed by atoms with Crippen LogP contribution in [0.15, 0.2) is 23.6 Å². The Morgan fingerprint density at radius 1 is 1.53 bits per heavy atom. The Morgan fingerprint density at radius 3 is 2.87 bits per heavy atom. The fourth-order valence-electron chi connectivity index (χ4n) is 1.05. The molecule has 0 saturated heterocycles. The zero-order chi connectivity index (χ0) is 11.1. The molecule has 1 heterocycles. The average Bonchev–Trinajstić information content (AvgIpc) is 2.25. The van der Waals surface area contributed by atoms with E-state index >= 15 is 0 Å². The van der Waals surface area contributed by atoms with Gasteiger partial charge >= 0.3 is 0 Å². The fraction of sp³-hybridized carbons (Fsp3) is 0.500. The van der Waals surface area contributed by atoms with Gasteiger partial charge in [0.25, 0.3) is 0 Å². The normalized spacial score (nSPS) is 12.4. The molecule has 1 atom stereocenters. The summed E-state index contributed by atoms with van der Waals surface area (Å²) in [7, 11) is 0. The minimum atomic E-state index is -0.142. The molecule has 1 aromatic heterocycles. The van der Waals surface area contributed by atoms with Crippen molar-refractivity contribution in [3.05, 3.63) is 18.6 Å². The van der Waals surface area contributed by atoms with Gasteiger partial charge < -0.3 is 0 Å². The van der Waals surface area contributed by atoms with Crippen LogP contribution in [0.5, 0.6) is 0 Å². The SMILES string of the molecule is CC(C)NC(C#N)CSc1cnccn1. The van der Waals surface area contributed by atoms with Gasteiger partial charge in [-0.3, -0.25) is 10.3 Å². The number of nitriles is 1. The maximum absolute atomic E-state index is 8.89. The topological polar surface area (TPSA) is 61.6 Å². The van der Waals surface area contributed by atoms with Gasteiger partial charge in [0.1, 0.15) is 11.1 Å². The third-order valence-electron chi connectivity index (χ3n) is 1.63. The number of nitrogens with zero attached hydrogens (tertiary/aromatic N) is 3. The van der Waals surface area contributed by atoms with Gasteiger partial charge in [-0.15, -0.1) is 11.8 Å². The van der Waals surface area contributed by atoms with Crippen LogP contribution in [0, 0.1) is 11.3 Å². The van der Waals surface area contributed by atoms with Crippen molar-refractivity contribution < 1.29 is 0 Å². The summed E-state index contributed by atoms with van der Waals surface area (Å²) < 4.78 is 0. The second-order valence-corrected chi connectivity index (χ2v) is 4.40. The van der Waals surface area contributed by atoms with E-state index in [0.717, 1.165) is 5.03 Å². The Labute approximate surface area is 94.1 Å². The van der Waals surface area contributed by atoms with Gasteiger partial charge in [-0.05, 0) is 13.8 Å². The molecule has 5 heteroatoms. The summed E-state index contributed by atoms with van der Waals surface area (Å²) in [5.74, 6) is 0.688. The molecule has 1 rings (SSSR count). The third kappa shape index (κ3) is 4.77. The summed E-state index contributed by atoms with van der Waals surface area (Å²) in [4.78, 5) is 8.09. The van der Waals surface area contributed by atoms with Gasteiger partial charge in [-0.2, -0.15) is 5.26 Å². The Morgan fingerprint density at radius 2 is 2.33 bits per heavy atom. The summed E-state index contributed by atoms with van der Waals surface area (Å²) in [6.07, 6.45) is 4.99. The van der Waals surface area contributed by atoms with Crippen molar-refractivity contribution in [2.24, 2.45) is 0 Å². The van der Waals surface area contributed by atoms with Crippen molar-refractivity contribution in [1.82, 2.24) is 15.3 Å². The summed E-state index contributed by atoms with van der Waals surface area (Å²) in [5.41, 5.74) is 0. The highest BCUT2D eigenvalue weighted by molar-refractivity contribution is 7.99. The van der Waals surface area contributed by atoms with E-state index in [9.17, 15) is 0 Å². The smallest absolute Gasteiger partial charge is 0.114 e. The van der Waals surface area contributed by atoms with Crippen LogP contribution in [-0.4, -0.2) is 27.8 Å². The van der Waals surface area contributed by atoms with Crippen molar-refractivity contribution in [1.29, 1.82) is 5.26 Å². The summed E-state index contributed by atoms with van der Waals surface area (Å²) in [6.45, 7) is 4.05. The molecular formula is C10H14N4S. The van der Waals surface area contributed by atoms with E-state index in [1.54, 1.807) is 18.6 Å². The molecule has 0 spiro atoms. The highest BCUT2D eigenvalue weighted by atomic mass is 32.2. The van der Waals surface area contributed by atoms with Crippen LogP contribution in [0.1, 0.15) is 13.8 Å². The van der Waals surface area contributed by atoms with Crippen molar-refractivity contribution in [3.8, 4) is 6.07 Å². The van der Waals surface area contributed by atoms with Gasteiger partial charge in [0, 0.05) is 24.2 Å². The quantitative estimate of drug-likeness (QED) is 0.764. The molecule has 0 aliphatic carbocycles. The van der Waals surface area contributed by atoms with E-state index in [4.69, 9.17) is 5.26 Å². The van der Waals surface area contributed by atoms with Crippen molar-refractivity contribution in [2.45, 2.75) is 31.0 Å². The zero-order valence-corrected chi connectivity index (χ0v) is 9.66. The van der Waals surface area contributed by atoms with Crippen LogP contribution in [0.3, 0.4) is 0 Å². The standard InChI is InChI=1S/C10H14N4S/c1-8(2)14-9(5-11)7-15-10-6-12-3-4-13-10/h3-4,6,8-9,14H,7H2,1-2H3. The molecule has 0 bridgehead atoms. The lowest BCUT2D eigenvalue weighted by Crippen LogP contribution is -2.35. The Kier molecular flexibility index (Phi) is 5.08. The monoisotopic (exact) mass is 222 g/mol. The molecule has 1 aromatic rings. The maximum atomic E-state index is 8.89. The van der Waals surface area contributed by atoms with Crippen molar-refractivity contribution in [2.75, 3.05) is 5.75 Å². The lowest BCUT2D eigenvalue weighted by molar-refractivity contribution is 0.560. The molecule has 0 saturated carbocycles. The van der Waals surface area contributed by atoms with Gasteiger partial charge in [-0.1, -0.05) is 0 Å². The molecule has 1 unspecified atom stereocenters. The minimum absolute atomic E-state index is 0.142. The van der Waals surface area contributed by atoms with Gasteiger partial charge in [0.15, 0.2) is 0 Å². The fourth-order valence-corrected chi connectivity index (χ4v) is 1.83. The minimum Gasteiger partial charge on any atom is -0.299 e. The summed E-state index contributed by atoms with van der Waals surface area (Å²) >= 11 is 1.54. The highest BCUT2D eigenvalue weighted by Crippen LogP contribution is 2.13. The summed E-state index contributed by atoms with van der Waals surface area (Å²) in [5, 5.41) is 12.9. The van der Waals surface area contributed by atoms with E-state index in [0.29, 0.717) is 11.8 Å². The number of rotatable bonds is 5. The van der Waals surface area contributed by atoms with Gasteiger partial charge in [0.2, 0.25) is 0 Å². The number of hydrogen-bond donors (Lipinski definition) is 1. The summed E-state index contributed by atoms with van der Waals surface area (Å²) in [6, 6.07) is 2.40. The van der Waals surface area contributed by atoms with Crippen LogP contribution in [0.4, 0.5) is 0 Å². The molecule has 0 aliphatic heterocycles.